The minimum absolute atomic E-state index is 0.0893. The molecular formula is C16H13F3IN3O2S. The van der Waals surface area contributed by atoms with E-state index in [0.29, 0.717) is 17.8 Å². The van der Waals surface area contributed by atoms with Crippen molar-refractivity contribution in [2.24, 2.45) is 7.05 Å². The molecule has 0 fully saturated rings. The van der Waals surface area contributed by atoms with E-state index < -0.39 is 26.5 Å². The van der Waals surface area contributed by atoms with E-state index in [1.807, 2.05) is 12.1 Å². The van der Waals surface area contributed by atoms with Crippen LogP contribution in [-0.2, 0) is 23.1 Å². The molecule has 2 heterocycles. The third-order valence-electron chi connectivity index (χ3n) is 3.95. The van der Waals surface area contributed by atoms with Crippen molar-refractivity contribution in [3.63, 3.8) is 0 Å². The van der Waals surface area contributed by atoms with Crippen LogP contribution in [0.4, 0.5) is 13.2 Å². The fourth-order valence-corrected chi connectivity index (χ4v) is 4.08. The molecule has 0 saturated carbocycles. The molecule has 0 unspecified atom stereocenters. The second-order valence-electron chi connectivity index (χ2n) is 5.60. The fraction of sp³-hybridized carbons (Fsp3) is 0.250. The molecule has 0 aliphatic rings. The first-order valence-corrected chi connectivity index (χ1v) is 10.2. The summed E-state index contributed by atoms with van der Waals surface area (Å²) >= 11 is 2.12. The standard InChI is InChI=1S/C16H13F3IN3O2S/c1-3-26(24,25)13-6-9(16(17,18)19)8-21-14(13)15-22-11-7-10(20)4-5-12(11)23(15)2/h4-8H,3H2,1-2H3. The van der Waals surface area contributed by atoms with Crippen LogP contribution in [0, 0.1) is 3.57 Å². The highest BCUT2D eigenvalue weighted by molar-refractivity contribution is 14.1. The maximum Gasteiger partial charge on any atom is 0.417 e. The summed E-state index contributed by atoms with van der Waals surface area (Å²) in [4.78, 5) is 7.75. The van der Waals surface area contributed by atoms with Gasteiger partial charge in [0, 0.05) is 16.8 Å². The van der Waals surface area contributed by atoms with Gasteiger partial charge in [-0.05, 0) is 46.9 Å². The first kappa shape index (κ1) is 19.1. The Kier molecular flexibility index (Phi) is 4.76. The number of aromatic nitrogens is 3. The van der Waals surface area contributed by atoms with Crippen LogP contribution in [0.2, 0.25) is 0 Å². The maximum absolute atomic E-state index is 13.0. The lowest BCUT2D eigenvalue weighted by Gasteiger charge is -2.12. The van der Waals surface area contributed by atoms with Crippen LogP contribution in [0.3, 0.4) is 0 Å². The van der Waals surface area contributed by atoms with Crippen LogP contribution in [0.1, 0.15) is 12.5 Å². The summed E-state index contributed by atoms with van der Waals surface area (Å²) in [7, 11) is -2.27. The molecule has 0 N–H and O–H groups in total. The smallest absolute Gasteiger partial charge is 0.326 e. The van der Waals surface area contributed by atoms with Crippen molar-refractivity contribution >= 4 is 43.5 Å². The van der Waals surface area contributed by atoms with Crippen molar-refractivity contribution in [3.05, 3.63) is 39.6 Å². The van der Waals surface area contributed by atoms with Crippen LogP contribution in [0.15, 0.2) is 35.4 Å². The molecule has 5 nitrogen and oxygen atoms in total. The van der Waals surface area contributed by atoms with Crippen molar-refractivity contribution in [2.75, 3.05) is 5.75 Å². The monoisotopic (exact) mass is 495 g/mol. The van der Waals surface area contributed by atoms with Crippen molar-refractivity contribution in [1.82, 2.24) is 14.5 Å². The summed E-state index contributed by atoms with van der Waals surface area (Å²) in [5.41, 5.74) is 0.132. The van der Waals surface area contributed by atoms with E-state index in [9.17, 15) is 21.6 Å². The number of pyridine rings is 1. The molecule has 0 amide bonds. The van der Waals surface area contributed by atoms with Gasteiger partial charge in [-0.3, -0.25) is 4.98 Å². The normalized spacial score (nSPS) is 12.7. The number of aryl methyl sites for hydroxylation is 1. The zero-order valence-corrected chi connectivity index (χ0v) is 16.6. The molecule has 0 bridgehead atoms. The number of fused-ring (bicyclic) bond motifs is 1. The maximum atomic E-state index is 13.0. The number of hydrogen-bond donors (Lipinski definition) is 0. The molecule has 0 aliphatic carbocycles. The van der Waals surface area contributed by atoms with Gasteiger partial charge >= 0.3 is 6.18 Å². The third-order valence-corrected chi connectivity index (χ3v) is 6.36. The lowest BCUT2D eigenvalue weighted by molar-refractivity contribution is -0.138. The van der Waals surface area contributed by atoms with Crippen molar-refractivity contribution < 1.29 is 21.6 Å². The fourth-order valence-electron chi connectivity index (χ4n) is 2.54. The van der Waals surface area contributed by atoms with E-state index in [4.69, 9.17) is 0 Å². The first-order valence-electron chi connectivity index (χ1n) is 7.47. The number of hydrogen-bond acceptors (Lipinski definition) is 4. The van der Waals surface area contributed by atoms with E-state index in [1.165, 1.54) is 6.92 Å². The van der Waals surface area contributed by atoms with Gasteiger partial charge in [-0.1, -0.05) is 6.92 Å². The number of halogens is 4. The number of imidazole rings is 1. The van der Waals surface area contributed by atoms with E-state index in [0.717, 1.165) is 9.09 Å². The molecule has 0 radical (unpaired) electrons. The predicted molar refractivity (Wildman–Crippen MR) is 99.4 cm³/mol. The molecule has 3 aromatic rings. The lowest BCUT2D eigenvalue weighted by Crippen LogP contribution is -2.13. The quantitative estimate of drug-likeness (QED) is 0.515. The summed E-state index contributed by atoms with van der Waals surface area (Å²) in [6, 6.07) is 6.10. The zero-order valence-electron chi connectivity index (χ0n) is 13.7. The minimum Gasteiger partial charge on any atom is -0.326 e. The van der Waals surface area contributed by atoms with Crippen LogP contribution in [0.5, 0.6) is 0 Å². The molecule has 26 heavy (non-hydrogen) atoms. The lowest BCUT2D eigenvalue weighted by atomic mass is 10.2. The predicted octanol–water partition coefficient (Wildman–Crippen LogP) is 4.05. The average Bonchev–Trinajstić information content (AvgIpc) is 2.89. The van der Waals surface area contributed by atoms with Gasteiger partial charge < -0.3 is 4.57 Å². The van der Waals surface area contributed by atoms with Gasteiger partial charge in [0.25, 0.3) is 0 Å². The van der Waals surface area contributed by atoms with Gasteiger partial charge in [0.2, 0.25) is 0 Å². The SMILES string of the molecule is CCS(=O)(=O)c1cc(C(F)(F)F)cnc1-c1nc2cc(I)ccc2n1C. The van der Waals surface area contributed by atoms with Crippen LogP contribution >= 0.6 is 22.6 Å². The summed E-state index contributed by atoms with van der Waals surface area (Å²) < 4.78 is 66.5. The Morgan fingerprint density at radius 2 is 1.92 bits per heavy atom. The van der Waals surface area contributed by atoms with Crippen molar-refractivity contribution in [3.8, 4) is 11.5 Å². The van der Waals surface area contributed by atoms with Crippen LogP contribution in [-0.4, -0.2) is 28.7 Å². The van der Waals surface area contributed by atoms with E-state index >= 15 is 0 Å². The van der Waals surface area contributed by atoms with Crippen LogP contribution < -0.4 is 0 Å². The average molecular weight is 495 g/mol. The molecule has 3 rings (SSSR count). The minimum atomic E-state index is -4.69. The molecule has 138 valence electrons. The van der Waals surface area contributed by atoms with Gasteiger partial charge in [0.15, 0.2) is 15.7 Å². The Morgan fingerprint density at radius 1 is 1.23 bits per heavy atom. The van der Waals surface area contributed by atoms with Crippen molar-refractivity contribution in [1.29, 1.82) is 0 Å². The molecule has 0 saturated heterocycles. The second kappa shape index (κ2) is 6.48. The van der Waals surface area contributed by atoms with Gasteiger partial charge in [-0.2, -0.15) is 13.2 Å². The van der Waals surface area contributed by atoms with Gasteiger partial charge in [0.1, 0.15) is 5.69 Å². The Bertz CT molecular complexity index is 1110. The molecule has 1 aromatic carbocycles. The van der Waals surface area contributed by atoms with Gasteiger partial charge in [-0.15, -0.1) is 0 Å². The molecule has 0 aliphatic heterocycles. The Morgan fingerprint density at radius 3 is 2.54 bits per heavy atom. The van der Waals surface area contributed by atoms with Crippen LogP contribution in [0.25, 0.3) is 22.6 Å². The molecule has 0 spiro atoms. The Balaban J connectivity index is 2.33. The molecule has 0 atom stereocenters. The number of rotatable bonds is 3. The highest BCUT2D eigenvalue weighted by atomic mass is 127. The third kappa shape index (κ3) is 3.31. The number of alkyl halides is 3. The van der Waals surface area contributed by atoms with E-state index in [2.05, 4.69) is 32.6 Å². The molecular weight excluding hydrogens is 482 g/mol. The highest BCUT2D eigenvalue weighted by Crippen LogP contribution is 2.34. The molecule has 10 heteroatoms. The summed E-state index contributed by atoms with van der Waals surface area (Å²) in [5.74, 6) is -0.145. The zero-order chi connectivity index (χ0) is 19.3. The highest BCUT2D eigenvalue weighted by Gasteiger charge is 2.34. The van der Waals surface area contributed by atoms with E-state index in [1.54, 1.807) is 17.7 Å². The van der Waals surface area contributed by atoms with E-state index in [-0.39, 0.29) is 17.3 Å². The first-order chi connectivity index (χ1) is 12.0. The summed E-state index contributed by atoms with van der Waals surface area (Å²) in [5, 5.41) is 0. The number of benzene rings is 1. The molecule has 2 aromatic heterocycles. The Hall–Kier alpha value is -1.69. The Labute approximate surface area is 161 Å². The topological polar surface area (TPSA) is 64.8 Å². The van der Waals surface area contributed by atoms with Gasteiger partial charge in [0.05, 0.1) is 27.2 Å². The largest absolute Gasteiger partial charge is 0.417 e. The van der Waals surface area contributed by atoms with Gasteiger partial charge in [-0.25, -0.2) is 13.4 Å². The van der Waals surface area contributed by atoms with Crippen molar-refractivity contribution in [2.45, 2.75) is 18.0 Å². The number of sulfone groups is 1. The summed E-state index contributed by atoms with van der Waals surface area (Å²) in [6.07, 6.45) is -4.06. The second-order valence-corrected chi connectivity index (χ2v) is 9.09. The summed E-state index contributed by atoms with van der Waals surface area (Å²) in [6.45, 7) is 1.37. The number of nitrogens with zero attached hydrogens (tertiary/aromatic N) is 3.